The minimum absolute atomic E-state index is 0.100. The van der Waals surface area contributed by atoms with Crippen molar-refractivity contribution in [2.24, 2.45) is 5.41 Å². The van der Waals surface area contributed by atoms with E-state index in [1.165, 1.54) is 5.56 Å². The quantitative estimate of drug-likeness (QED) is 0.414. The standard InChI is InChI=1S/C25H30N4OS2/c1-4-30-17-25(10-9-20-5-7-21(13-26)8-6-20)11-12-29(16-25)24(22-14-31-18(2)27-22)23-15-32-19(3)28-23/h5-8,14-15,24H,4,9-12,16-17H2,1-3H3/t25-/m1/s1. The van der Waals surface area contributed by atoms with Crippen LogP contribution >= 0.6 is 22.7 Å². The van der Waals surface area contributed by atoms with Crippen LogP contribution in [0.5, 0.6) is 0 Å². The van der Waals surface area contributed by atoms with Crippen molar-refractivity contribution >= 4 is 22.7 Å². The molecule has 1 aromatic carbocycles. The van der Waals surface area contributed by atoms with E-state index in [0.717, 1.165) is 67.0 Å². The van der Waals surface area contributed by atoms with Gasteiger partial charge in [-0.2, -0.15) is 5.26 Å². The molecule has 2 aromatic heterocycles. The van der Waals surface area contributed by atoms with Crippen LogP contribution in [0.4, 0.5) is 0 Å². The lowest BCUT2D eigenvalue weighted by molar-refractivity contribution is 0.0471. The molecule has 0 spiro atoms. The number of hydrogen-bond donors (Lipinski definition) is 0. The molecule has 0 aliphatic carbocycles. The molecule has 7 heteroatoms. The Morgan fingerprint density at radius 2 is 1.78 bits per heavy atom. The second-order valence-corrected chi connectivity index (χ2v) is 10.8. The molecule has 4 rings (SSSR count). The van der Waals surface area contributed by atoms with Gasteiger partial charge in [0.15, 0.2) is 0 Å². The van der Waals surface area contributed by atoms with Gasteiger partial charge >= 0.3 is 0 Å². The van der Waals surface area contributed by atoms with E-state index in [4.69, 9.17) is 20.0 Å². The molecule has 1 atom stereocenters. The molecular formula is C25H30N4OS2. The fourth-order valence-corrected chi connectivity index (χ4v) is 5.86. The predicted molar refractivity (Wildman–Crippen MR) is 130 cm³/mol. The second kappa shape index (κ2) is 10.2. The smallest absolute Gasteiger partial charge is 0.0991 e. The maximum atomic E-state index is 9.06. The summed E-state index contributed by atoms with van der Waals surface area (Å²) in [5.74, 6) is 0. The molecule has 0 unspecified atom stereocenters. The molecule has 32 heavy (non-hydrogen) atoms. The van der Waals surface area contributed by atoms with E-state index in [-0.39, 0.29) is 11.5 Å². The van der Waals surface area contributed by atoms with Gasteiger partial charge in [-0.25, -0.2) is 9.97 Å². The van der Waals surface area contributed by atoms with Gasteiger partial charge in [-0.05, 0) is 64.3 Å². The summed E-state index contributed by atoms with van der Waals surface area (Å²) in [6.45, 7) is 9.70. The first-order valence-corrected chi connectivity index (χ1v) is 12.9. The van der Waals surface area contributed by atoms with E-state index in [1.807, 2.05) is 12.1 Å². The van der Waals surface area contributed by atoms with E-state index >= 15 is 0 Å². The molecule has 1 saturated heterocycles. The third kappa shape index (κ3) is 5.26. The van der Waals surface area contributed by atoms with Gasteiger partial charge in [0.05, 0.1) is 45.7 Å². The number of nitriles is 1. The van der Waals surface area contributed by atoms with Crippen LogP contribution in [0.2, 0.25) is 0 Å². The summed E-state index contributed by atoms with van der Waals surface area (Å²) >= 11 is 3.42. The average molecular weight is 467 g/mol. The minimum atomic E-state index is 0.100. The van der Waals surface area contributed by atoms with Crippen molar-refractivity contribution < 1.29 is 4.74 Å². The third-order valence-corrected chi connectivity index (χ3v) is 7.89. The van der Waals surface area contributed by atoms with Crippen molar-refractivity contribution in [1.82, 2.24) is 14.9 Å². The molecular weight excluding hydrogens is 436 g/mol. The van der Waals surface area contributed by atoms with Crippen LogP contribution in [0, 0.1) is 30.6 Å². The molecule has 3 heterocycles. The van der Waals surface area contributed by atoms with Crippen molar-refractivity contribution in [3.05, 3.63) is 67.6 Å². The molecule has 0 N–H and O–H groups in total. The van der Waals surface area contributed by atoms with Crippen LogP contribution in [0.1, 0.15) is 58.3 Å². The van der Waals surface area contributed by atoms with Gasteiger partial charge in [0.1, 0.15) is 0 Å². The summed E-state index contributed by atoms with van der Waals surface area (Å²) in [5, 5.41) is 15.6. The van der Waals surface area contributed by atoms with Crippen LogP contribution in [-0.4, -0.2) is 41.2 Å². The Labute approximate surface area is 198 Å². The van der Waals surface area contributed by atoms with Crippen LogP contribution < -0.4 is 0 Å². The highest BCUT2D eigenvalue weighted by Gasteiger charge is 2.42. The molecule has 168 valence electrons. The summed E-state index contributed by atoms with van der Waals surface area (Å²) in [7, 11) is 0. The number of aromatic nitrogens is 2. The van der Waals surface area contributed by atoms with Gasteiger partial charge in [0.25, 0.3) is 0 Å². The monoisotopic (exact) mass is 466 g/mol. The molecule has 0 radical (unpaired) electrons. The zero-order valence-corrected chi connectivity index (χ0v) is 20.6. The van der Waals surface area contributed by atoms with Crippen LogP contribution in [0.25, 0.3) is 0 Å². The third-order valence-electron chi connectivity index (χ3n) is 6.31. The molecule has 1 aliphatic rings. The first-order valence-electron chi connectivity index (χ1n) is 11.2. The van der Waals surface area contributed by atoms with E-state index < -0.39 is 0 Å². The molecule has 1 fully saturated rings. The molecule has 1 aliphatic heterocycles. The first kappa shape index (κ1) is 23.1. The van der Waals surface area contributed by atoms with Crippen LogP contribution in [0.15, 0.2) is 35.0 Å². The lowest BCUT2D eigenvalue weighted by Gasteiger charge is -2.31. The Morgan fingerprint density at radius 3 is 2.31 bits per heavy atom. The van der Waals surface area contributed by atoms with Crippen molar-refractivity contribution in [2.75, 3.05) is 26.3 Å². The van der Waals surface area contributed by atoms with Gasteiger partial charge in [0, 0.05) is 29.3 Å². The van der Waals surface area contributed by atoms with Gasteiger partial charge in [-0.3, -0.25) is 4.90 Å². The maximum absolute atomic E-state index is 9.06. The van der Waals surface area contributed by atoms with Crippen LogP contribution in [-0.2, 0) is 11.2 Å². The predicted octanol–water partition coefficient (Wildman–Crippen LogP) is 5.54. The minimum Gasteiger partial charge on any atom is -0.381 e. The van der Waals surface area contributed by atoms with E-state index in [0.29, 0.717) is 5.56 Å². The topological polar surface area (TPSA) is 62.0 Å². The summed E-state index contributed by atoms with van der Waals surface area (Å²) in [6, 6.07) is 10.3. The van der Waals surface area contributed by atoms with Crippen molar-refractivity contribution in [3.8, 4) is 6.07 Å². The van der Waals surface area contributed by atoms with Crippen molar-refractivity contribution in [1.29, 1.82) is 5.26 Å². The van der Waals surface area contributed by atoms with E-state index in [9.17, 15) is 0 Å². The Balaban J connectivity index is 1.55. The molecule has 0 bridgehead atoms. The number of rotatable bonds is 9. The number of hydrogen-bond acceptors (Lipinski definition) is 7. The number of thiazole rings is 2. The number of benzene rings is 1. The van der Waals surface area contributed by atoms with Gasteiger partial charge in [-0.15, -0.1) is 22.7 Å². The molecule has 0 saturated carbocycles. The highest BCUT2D eigenvalue weighted by atomic mass is 32.1. The number of ether oxygens (including phenoxy) is 1. The zero-order chi connectivity index (χ0) is 22.6. The number of nitrogens with zero attached hydrogens (tertiary/aromatic N) is 4. The Kier molecular flexibility index (Phi) is 7.37. The van der Waals surface area contributed by atoms with Crippen molar-refractivity contribution in [3.63, 3.8) is 0 Å². The fraction of sp³-hybridized carbons (Fsp3) is 0.480. The molecule has 3 aromatic rings. The van der Waals surface area contributed by atoms with Gasteiger partial charge in [0.2, 0.25) is 0 Å². The van der Waals surface area contributed by atoms with Gasteiger partial charge < -0.3 is 4.74 Å². The molecule has 5 nitrogen and oxygen atoms in total. The highest BCUT2D eigenvalue weighted by Crippen LogP contribution is 2.42. The number of likely N-dealkylation sites (tertiary alicyclic amines) is 1. The van der Waals surface area contributed by atoms with E-state index in [1.54, 1.807) is 22.7 Å². The normalized spacial score (nSPS) is 19.0. The second-order valence-electron chi connectivity index (χ2n) is 8.65. The summed E-state index contributed by atoms with van der Waals surface area (Å²) < 4.78 is 6.00. The first-order chi connectivity index (χ1) is 15.5. The van der Waals surface area contributed by atoms with E-state index in [2.05, 4.69) is 54.6 Å². The zero-order valence-electron chi connectivity index (χ0n) is 19.0. The average Bonchev–Trinajstić information content (AvgIpc) is 3.53. The summed E-state index contributed by atoms with van der Waals surface area (Å²) in [6.07, 6.45) is 3.16. The summed E-state index contributed by atoms with van der Waals surface area (Å²) in [5.41, 5.74) is 4.32. The van der Waals surface area contributed by atoms with Crippen molar-refractivity contribution in [2.45, 2.75) is 46.1 Å². The van der Waals surface area contributed by atoms with Gasteiger partial charge in [-0.1, -0.05) is 12.1 Å². The summed E-state index contributed by atoms with van der Waals surface area (Å²) in [4.78, 5) is 12.2. The Hall–Kier alpha value is -2.11. The lowest BCUT2D eigenvalue weighted by Crippen LogP contribution is -2.34. The SMILES string of the molecule is CCOC[C@]1(CCc2ccc(C#N)cc2)CCN(C(c2csc(C)n2)c2csc(C)n2)C1. The lowest BCUT2D eigenvalue weighted by atomic mass is 9.82. The highest BCUT2D eigenvalue weighted by molar-refractivity contribution is 7.09. The van der Waals surface area contributed by atoms with Crippen LogP contribution in [0.3, 0.4) is 0 Å². The Bertz CT molecular complexity index is 1030. The Morgan fingerprint density at radius 1 is 1.12 bits per heavy atom. The molecule has 0 amide bonds. The largest absolute Gasteiger partial charge is 0.381 e. The fourth-order valence-electron chi connectivity index (χ4n) is 4.60. The number of aryl methyl sites for hydroxylation is 3. The maximum Gasteiger partial charge on any atom is 0.0991 e.